The Morgan fingerprint density at radius 2 is 2.14 bits per heavy atom. The predicted octanol–water partition coefficient (Wildman–Crippen LogP) is 4.65. The number of carbonyl (C=O) groups is 1. The molecule has 0 saturated heterocycles. The zero-order chi connectivity index (χ0) is 15.2. The van der Waals surface area contributed by atoms with E-state index in [1.807, 2.05) is 18.3 Å². The standard InChI is InChI=1S/C18H23NO2/c1-4-6-7-8-11-19-13-16(18(20)21-3)15-12-14(5-2)9-10-17(15)19/h5,9-10,12-13H,2,4,6-8,11H2,1,3H3. The monoisotopic (exact) mass is 285 g/mol. The second-order valence-corrected chi connectivity index (χ2v) is 5.27. The van der Waals surface area contributed by atoms with Gasteiger partial charge < -0.3 is 9.30 Å². The molecule has 0 unspecified atom stereocenters. The summed E-state index contributed by atoms with van der Waals surface area (Å²) in [6, 6.07) is 6.08. The SMILES string of the molecule is C=Cc1ccc2c(c1)c(C(=O)OC)cn2CCCCCC. The summed E-state index contributed by atoms with van der Waals surface area (Å²) in [5.41, 5.74) is 2.72. The van der Waals surface area contributed by atoms with Crippen LogP contribution in [-0.4, -0.2) is 17.6 Å². The van der Waals surface area contributed by atoms with Crippen LogP contribution in [-0.2, 0) is 11.3 Å². The van der Waals surface area contributed by atoms with Crippen molar-refractivity contribution in [1.82, 2.24) is 4.57 Å². The molecule has 0 aliphatic carbocycles. The second kappa shape index (κ2) is 7.11. The summed E-state index contributed by atoms with van der Waals surface area (Å²) in [6.45, 7) is 6.92. The highest BCUT2D eigenvalue weighted by Crippen LogP contribution is 2.24. The Balaban J connectivity index is 2.37. The first-order valence-corrected chi connectivity index (χ1v) is 7.55. The highest BCUT2D eigenvalue weighted by Gasteiger charge is 2.15. The fourth-order valence-electron chi connectivity index (χ4n) is 2.61. The van der Waals surface area contributed by atoms with Crippen molar-refractivity contribution < 1.29 is 9.53 Å². The lowest BCUT2D eigenvalue weighted by atomic mass is 10.1. The largest absolute Gasteiger partial charge is 0.465 e. The molecule has 2 rings (SSSR count). The molecule has 1 aromatic heterocycles. The minimum Gasteiger partial charge on any atom is -0.465 e. The zero-order valence-corrected chi connectivity index (χ0v) is 12.9. The Kier molecular flexibility index (Phi) is 5.20. The van der Waals surface area contributed by atoms with E-state index in [1.165, 1.54) is 26.4 Å². The van der Waals surface area contributed by atoms with Crippen molar-refractivity contribution in [3.63, 3.8) is 0 Å². The van der Waals surface area contributed by atoms with Crippen LogP contribution in [0.3, 0.4) is 0 Å². The Labute approximate surface area is 126 Å². The number of aromatic nitrogens is 1. The number of benzene rings is 1. The number of esters is 1. The van der Waals surface area contributed by atoms with Crippen molar-refractivity contribution in [3.8, 4) is 0 Å². The maximum absolute atomic E-state index is 12.0. The fourth-order valence-corrected chi connectivity index (χ4v) is 2.61. The van der Waals surface area contributed by atoms with Gasteiger partial charge in [0, 0.05) is 23.6 Å². The Bertz CT molecular complexity index is 640. The van der Waals surface area contributed by atoms with Crippen LogP contribution >= 0.6 is 0 Å². The van der Waals surface area contributed by atoms with Crippen molar-refractivity contribution in [2.75, 3.05) is 7.11 Å². The van der Waals surface area contributed by atoms with Gasteiger partial charge in [0.05, 0.1) is 12.7 Å². The van der Waals surface area contributed by atoms with Crippen LogP contribution in [0.25, 0.3) is 17.0 Å². The van der Waals surface area contributed by atoms with Crippen molar-refractivity contribution in [3.05, 3.63) is 42.1 Å². The third-order valence-electron chi connectivity index (χ3n) is 3.80. The number of hydrogen-bond donors (Lipinski definition) is 0. The number of carbonyl (C=O) groups excluding carboxylic acids is 1. The molecule has 0 N–H and O–H groups in total. The summed E-state index contributed by atoms with van der Waals surface area (Å²) < 4.78 is 7.05. The first-order chi connectivity index (χ1) is 10.2. The van der Waals surface area contributed by atoms with Crippen LogP contribution in [0.4, 0.5) is 0 Å². The maximum atomic E-state index is 12.0. The Morgan fingerprint density at radius 3 is 2.81 bits per heavy atom. The van der Waals surface area contributed by atoms with Crippen molar-refractivity contribution in [1.29, 1.82) is 0 Å². The molecule has 1 aromatic carbocycles. The third-order valence-corrected chi connectivity index (χ3v) is 3.80. The highest BCUT2D eigenvalue weighted by atomic mass is 16.5. The van der Waals surface area contributed by atoms with Gasteiger partial charge in [0.2, 0.25) is 0 Å². The van der Waals surface area contributed by atoms with Crippen molar-refractivity contribution in [2.24, 2.45) is 0 Å². The van der Waals surface area contributed by atoms with E-state index in [0.29, 0.717) is 5.56 Å². The van der Waals surface area contributed by atoms with Gasteiger partial charge in [0.25, 0.3) is 0 Å². The number of aryl methyl sites for hydroxylation is 1. The van der Waals surface area contributed by atoms with E-state index in [-0.39, 0.29) is 5.97 Å². The minimum atomic E-state index is -0.284. The van der Waals surface area contributed by atoms with Gasteiger partial charge in [-0.05, 0) is 24.1 Å². The molecule has 0 aliphatic heterocycles. The topological polar surface area (TPSA) is 31.2 Å². The maximum Gasteiger partial charge on any atom is 0.340 e. The molecule has 21 heavy (non-hydrogen) atoms. The zero-order valence-electron chi connectivity index (χ0n) is 12.9. The number of fused-ring (bicyclic) bond motifs is 1. The lowest BCUT2D eigenvalue weighted by Gasteiger charge is -2.05. The molecular weight excluding hydrogens is 262 g/mol. The van der Waals surface area contributed by atoms with E-state index in [4.69, 9.17) is 4.74 Å². The lowest BCUT2D eigenvalue weighted by molar-refractivity contribution is 0.0602. The molecule has 0 bridgehead atoms. The predicted molar refractivity (Wildman–Crippen MR) is 87.5 cm³/mol. The number of hydrogen-bond acceptors (Lipinski definition) is 2. The molecule has 0 atom stereocenters. The number of unbranched alkanes of at least 4 members (excludes halogenated alkanes) is 3. The van der Waals surface area contributed by atoms with Gasteiger partial charge in [-0.15, -0.1) is 0 Å². The van der Waals surface area contributed by atoms with Gasteiger partial charge >= 0.3 is 5.97 Å². The van der Waals surface area contributed by atoms with Gasteiger partial charge in [0.15, 0.2) is 0 Å². The first-order valence-electron chi connectivity index (χ1n) is 7.55. The van der Waals surface area contributed by atoms with Crippen LogP contribution in [0.1, 0.15) is 48.5 Å². The molecule has 112 valence electrons. The molecule has 0 aliphatic rings. The summed E-state index contributed by atoms with van der Waals surface area (Å²) in [7, 11) is 1.42. The number of nitrogens with zero attached hydrogens (tertiary/aromatic N) is 1. The first kappa shape index (κ1) is 15.4. The summed E-state index contributed by atoms with van der Waals surface area (Å²) in [6.07, 6.45) is 8.52. The number of methoxy groups -OCH3 is 1. The summed E-state index contributed by atoms with van der Waals surface area (Å²) in [4.78, 5) is 12.0. The van der Waals surface area contributed by atoms with Gasteiger partial charge in [-0.1, -0.05) is 44.9 Å². The Morgan fingerprint density at radius 1 is 1.33 bits per heavy atom. The molecule has 0 spiro atoms. The quantitative estimate of drug-likeness (QED) is 0.547. The molecule has 2 aromatic rings. The average molecular weight is 285 g/mol. The summed E-state index contributed by atoms with van der Waals surface area (Å²) >= 11 is 0. The molecule has 1 heterocycles. The fraction of sp³-hybridized carbons (Fsp3) is 0.389. The molecule has 0 amide bonds. The highest BCUT2D eigenvalue weighted by molar-refractivity contribution is 6.04. The lowest BCUT2D eigenvalue weighted by Crippen LogP contribution is -2.00. The van der Waals surface area contributed by atoms with Crippen LogP contribution in [0.2, 0.25) is 0 Å². The second-order valence-electron chi connectivity index (χ2n) is 5.27. The van der Waals surface area contributed by atoms with E-state index in [2.05, 4.69) is 24.1 Å². The van der Waals surface area contributed by atoms with E-state index < -0.39 is 0 Å². The smallest absolute Gasteiger partial charge is 0.340 e. The van der Waals surface area contributed by atoms with Crippen LogP contribution in [0.5, 0.6) is 0 Å². The number of ether oxygens (including phenoxy) is 1. The van der Waals surface area contributed by atoms with E-state index in [1.54, 1.807) is 6.08 Å². The molecular formula is C18H23NO2. The van der Waals surface area contributed by atoms with Gasteiger partial charge in [-0.3, -0.25) is 0 Å². The average Bonchev–Trinajstić information content (AvgIpc) is 2.88. The molecule has 3 heteroatoms. The molecule has 0 radical (unpaired) electrons. The molecule has 3 nitrogen and oxygen atoms in total. The van der Waals surface area contributed by atoms with Gasteiger partial charge in [-0.25, -0.2) is 4.79 Å². The third kappa shape index (κ3) is 3.35. The van der Waals surface area contributed by atoms with Crippen molar-refractivity contribution >= 4 is 22.9 Å². The summed E-state index contributed by atoms with van der Waals surface area (Å²) in [5.74, 6) is -0.284. The molecule has 0 saturated carbocycles. The summed E-state index contributed by atoms with van der Waals surface area (Å²) in [5, 5.41) is 0.940. The van der Waals surface area contributed by atoms with E-state index in [0.717, 1.165) is 29.4 Å². The Hall–Kier alpha value is -2.03. The van der Waals surface area contributed by atoms with E-state index in [9.17, 15) is 4.79 Å². The van der Waals surface area contributed by atoms with Gasteiger partial charge in [-0.2, -0.15) is 0 Å². The van der Waals surface area contributed by atoms with E-state index >= 15 is 0 Å². The minimum absolute atomic E-state index is 0.284. The molecule has 0 fully saturated rings. The van der Waals surface area contributed by atoms with Crippen molar-refractivity contribution in [2.45, 2.75) is 39.2 Å². The van der Waals surface area contributed by atoms with Crippen LogP contribution < -0.4 is 0 Å². The number of rotatable bonds is 7. The normalized spacial score (nSPS) is 10.8. The van der Waals surface area contributed by atoms with Crippen LogP contribution in [0.15, 0.2) is 31.0 Å². The van der Waals surface area contributed by atoms with Gasteiger partial charge in [0.1, 0.15) is 0 Å². The van der Waals surface area contributed by atoms with Crippen LogP contribution in [0, 0.1) is 0 Å².